The summed E-state index contributed by atoms with van der Waals surface area (Å²) in [6.45, 7) is 0. The summed E-state index contributed by atoms with van der Waals surface area (Å²) in [5.74, 6) is 0. The largest absolute Gasteiger partial charge is 2.00 e. The van der Waals surface area contributed by atoms with Gasteiger partial charge in [0.15, 0.2) is 0 Å². The Morgan fingerprint density at radius 3 is 0.737 bits per heavy atom. The maximum absolute atomic E-state index is 2.86. The Kier molecular flexibility index (Phi) is 30.7. The van der Waals surface area contributed by atoms with Crippen LogP contribution in [0.3, 0.4) is 0 Å². The second-order valence-corrected chi connectivity index (χ2v) is 21.9. The first-order valence-corrected chi connectivity index (χ1v) is 23.3. The van der Waals surface area contributed by atoms with Gasteiger partial charge in [0.05, 0.1) is 0 Å². The smallest absolute Gasteiger partial charge is 2.00 e. The van der Waals surface area contributed by atoms with Crippen LogP contribution in [0.2, 0.25) is 29.6 Å². The fourth-order valence-corrected chi connectivity index (χ4v) is 0.556. The normalized spacial score (nSPS) is 15.5. The van der Waals surface area contributed by atoms with Gasteiger partial charge >= 0.3 is 86.2 Å². The maximum Gasteiger partial charge on any atom is 2.00 e. The van der Waals surface area contributed by atoms with Crippen molar-refractivity contribution in [1.29, 1.82) is 0 Å². The van der Waals surface area contributed by atoms with Crippen LogP contribution in [0.25, 0.3) is 0 Å². The van der Waals surface area contributed by atoms with Crippen LogP contribution in [0.5, 0.6) is 0 Å². The molecule has 0 nitrogen and oxygen atoms in total. The van der Waals surface area contributed by atoms with Crippen molar-refractivity contribution in [2.45, 2.75) is 29.6 Å². The summed E-state index contributed by atoms with van der Waals surface area (Å²) in [5.41, 5.74) is 0. The average molecular weight is 512 g/mol. The number of rotatable bonds is 0. The Hall–Kier alpha value is 2.12. The minimum absolute atomic E-state index is 0. The first kappa shape index (κ1) is 26.0. The molecule has 104 valence electrons. The maximum atomic E-state index is 2.86. The molecule has 0 bridgehead atoms. The van der Waals surface area contributed by atoms with Crippen molar-refractivity contribution >= 4 is 39.5 Å². The molecule has 0 atom stereocenters. The summed E-state index contributed by atoms with van der Waals surface area (Å²) in [5, 5.41) is 0. The molecule has 3 heteroatoms. The van der Waals surface area contributed by atoms with E-state index in [1.807, 2.05) is 51.4 Å². The third-order valence-corrected chi connectivity index (χ3v) is 0.992. The summed E-state index contributed by atoms with van der Waals surface area (Å²) < 4.78 is 0. The van der Waals surface area contributed by atoms with Gasteiger partial charge in [0.1, 0.15) is 0 Å². The molecule has 2 saturated carbocycles. The zero-order valence-electron chi connectivity index (χ0n) is 13.0. The van der Waals surface area contributed by atoms with Crippen molar-refractivity contribution < 1.29 is 17.1 Å². The van der Waals surface area contributed by atoms with Crippen LogP contribution in [0.4, 0.5) is 0 Å². The van der Waals surface area contributed by atoms with Gasteiger partial charge in [0.25, 0.3) is 0 Å². The fraction of sp³-hybridized carbons (Fsp3) is 0.375. The van der Waals surface area contributed by atoms with E-state index in [1.165, 1.54) is 0 Å². The molecule has 2 rings (SSSR count). The molecule has 2 aliphatic carbocycles. The summed E-state index contributed by atoms with van der Waals surface area (Å²) in [4.78, 5) is 14.2. The van der Waals surface area contributed by atoms with E-state index in [4.69, 9.17) is 0 Å². The van der Waals surface area contributed by atoms with Gasteiger partial charge in [-0.05, 0) is 0 Å². The van der Waals surface area contributed by atoms with Crippen molar-refractivity contribution in [2.75, 3.05) is 0 Å². The molecule has 0 unspecified atom stereocenters. The van der Waals surface area contributed by atoms with Gasteiger partial charge in [0, 0.05) is 0 Å². The second kappa shape index (κ2) is 22.4. The van der Waals surface area contributed by atoms with E-state index in [1.54, 1.807) is 0 Å². The molecule has 0 aliphatic heterocycles. The second-order valence-electron chi connectivity index (χ2n) is 4.77. The molecule has 0 spiro atoms. The molecule has 19 heavy (non-hydrogen) atoms. The van der Waals surface area contributed by atoms with Crippen LogP contribution in [-0.4, -0.2) is 39.5 Å². The molecule has 2 aliphatic rings. The van der Waals surface area contributed by atoms with E-state index in [9.17, 15) is 0 Å². The van der Waals surface area contributed by atoms with E-state index in [-0.39, 0.29) is 17.1 Å². The van der Waals surface area contributed by atoms with E-state index in [0.29, 0.717) is 0 Å². The van der Waals surface area contributed by atoms with Gasteiger partial charge in [-0.3, -0.25) is 0 Å². The standard InChI is InChI=1S/2C5H4.6CH3.Fe.2Sn/c2*1-2-4-5-3-1;;;;;;;;;/h2*1-4H;6*1H3;;;/q2*-1;;;;;;;+2;2*+1. The van der Waals surface area contributed by atoms with E-state index >= 15 is 0 Å². The Morgan fingerprint density at radius 1 is 0.526 bits per heavy atom. The molecule has 0 aromatic carbocycles. The van der Waals surface area contributed by atoms with Crippen LogP contribution in [0.1, 0.15) is 0 Å². The topological polar surface area (TPSA) is 0 Å². The minimum Gasteiger partial charge on any atom is 2.00 e. The molecule has 10 radical (unpaired) electrons. The fourth-order valence-electron chi connectivity index (χ4n) is 0.556. The number of hydrogen-bond acceptors (Lipinski definition) is 0. The monoisotopic (exact) mass is 514 g/mol. The summed E-state index contributed by atoms with van der Waals surface area (Å²) in [6.07, 6.45) is 21.0. The number of hydrogen-bond donors (Lipinski definition) is 0. The molecule has 0 heterocycles. The van der Waals surface area contributed by atoms with Gasteiger partial charge in [-0.1, -0.05) is 25.7 Å². The molecule has 0 saturated heterocycles. The molecule has 0 aromatic heterocycles. The molecule has 0 N–H and O–H groups in total. The van der Waals surface area contributed by atoms with Crippen LogP contribution in [0.15, 0.2) is 0 Å². The van der Waals surface area contributed by atoms with E-state index < -0.39 is 39.5 Å². The van der Waals surface area contributed by atoms with Crippen molar-refractivity contribution in [3.63, 3.8) is 0 Å². The van der Waals surface area contributed by atoms with Gasteiger partial charge in [0.2, 0.25) is 0 Å². The molecular weight excluding hydrogens is 485 g/mol. The van der Waals surface area contributed by atoms with Crippen LogP contribution in [-0.2, 0) is 17.1 Å². The van der Waals surface area contributed by atoms with Crippen molar-refractivity contribution in [3.8, 4) is 0 Å². The van der Waals surface area contributed by atoms with Crippen LogP contribution >= 0.6 is 0 Å². The first-order valence-electron chi connectivity index (χ1n) is 6.15. The molecule has 0 aromatic rings. The van der Waals surface area contributed by atoms with Gasteiger partial charge < -0.3 is 12.8 Å². The molecule has 2 fully saturated rings. The van der Waals surface area contributed by atoms with Crippen molar-refractivity contribution in [3.05, 3.63) is 64.2 Å². The van der Waals surface area contributed by atoms with Crippen LogP contribution in [0, 0.1) is 64.2 Å². The Morgan fingerprint density at radius 2 is 0.684 bits per heavy atom. The quantitative estimate of drug-likeness (QED) is 0.331. The molecular formula is C16H26FeSn2+2. The average Bonchev–Trinajstić information content (AvgIpc) is 2.96. The third kappa shape index (κ3) is 45.0. The zero-order chi connectivity index (χ0) is 14.2. The van der Waals surface area contributed by atoms with Crippen molar-refractivity contribution in [2.24, 2.45) is 0 Å². The van der Waals surface area contributed by atoms with E-state index in [2.05, 4.69) is 42.5 Å². The van der Waals surface area contributed by atoms with Gasteiger partial charge in [-0.2, -0.15) is 0 Å². The van der Waals surface area contributed by atoms with Crippen molar-refractivity contribution in [1.82, 2.24) is 0 Å². The Bertz CT molecular complexity index is 94.0. The first-order chi connectivity index (χ1) is 8.46. The SMILES string of the molecule is [C-]1[CH][CH][CH][CH]1.[C-]1[CH][CH][CH][CH]1.[CH3][Sn+]([CH3])[CH3].[CH3][Sn+]([CH3])[CH3].[Fe+2]. The predicted octanol–water partition coefficient (Wildman–Crippen LogP) is 4.54. The Balaban J connectivity index is -0.000000178. The zero-order valence-corrected chi connectivity index (χ0v) is 19.8. The third-order valence-electron chi connectivity index (χ3n) is 0.992. The predicted molar refractivity (Wildman–Crippen MR) is 87.6 cm³/mol. The minimum atomic E-state index is -0.543. The van der Waals surface area contributed by atoms with E-state index in [0.717, 1.165) is 0 Å². The summed E-state index contributed by atoms with van der Waals surface area (Å²) >= 11 is -1.09. The van der Waals surface area contributed by atoms with Crippen LogP contribution < -0.4 is 0 Å². The summed E-state index contributed by atoms with van der Waals surface area (Å²) in [6, 6.07) is 0. The van der Waals surface area contributed by atoms with Gasteiger partial charge in [-0.25, -0.2) is 25.7 Å². The molecule has 0 amide bonds. The summed E-state index contributed by atoms with van der Waals surface area (Å²) in [7, 11) is 0. The Labute approximate surface area is 149 Å². The van der Waals surface area contributed by atoms with Gasteiger partial charge in [-0.15, -0.1) is 0 Å².